The number of aliphatic hydroxyl groups excluding tert-OH is 1. The maximum atomic E-state index is 9.72. The molecule has 4 heteroatoms. The monoisotopic (exact) mass is 264 g/mol. The van der Waals surface area contributed by atoms with Crippen molar-refractivity contribution in [2.24, 2.45) is 5.73 Å². The molecule has 1 aromatic rings. The van der Waals surface area contributed by atoms with Gasteiger partial charge in [0, 0.05) is 19.6 Å². The van der Waals surface area contributed by atoms with Gasteiger partial charge in [-0.1, -0.05) is 30.3 Å². The molecule has 3 unspecified atom stereocenters. The number of rotatable bonds is 4. The summed E-state index contributed by atoms with van der Waals surface area (Å²) in [6.45, 7) is 6.44. The third-order valence-electron chi connectivity index (χ3n) is 3.63. The van der Waals surface area contributed by atoms with Crippen molar-refractivity contribution in [1.29, 1.82) is 0 Å². The van der Waals surface area contributed by atoms with Gasteiger partial charge in [0.15, 0.2) is 0 Å². The molecule has 0 spiro atoms. The van der Waals surface area contributed by atoms with E-state index in [1.165, 1.54) is 0 Å². The van der Waals surface area contributed by atoms with Crippen molar-refractivity contribution in [3.8, 4) is 0 Å². The summed E-state index contributed by atoms with van der Waals surface area (Å²) in [5, 5.41) is 9.72. The van der Waals surface area contributed by atoms with Crippen LogP contribution in [0.25, 0.3) is 0 Å². The molecule has 0 aliphatic carbocycles. The van der Waals surface area contributed by atoms with E-state index in [0.29, 0.717) is 6.54 Å². The molecule has 2 rings (SSSR count). The molecule has 1 aromatic carbocycles. The van der Waals surface area contributed by atoms with Crippen LogP contribution in [-0.2, 0) is 10.3 Å². The van der Waals surface area contributed by atoms with Crippen LogP contribution in [-0.4, -0.2) is 48.5 Å². The van der Waals surface area contributed by atoms with Crippen molar-refractivity contribution >= 4 is 0 Å². The summed E-state index contributed by atoms with van der Waals surface area (Å²) in [7, 11) is 0. The van der Waals surface area contributed by atoms with Gasteiger partial charge in [0.25, 0.3) is 0 Å². The molecule has 0 amide bonds. The summed E-state index contributed by atoms with van der Waals surface area (Å²) in [6, 6.07) is 9.82. The topological polar surface area (TPSA) is 58.7 Å². The lowest BCUT2D eigenvalue weighted by Gasteiger charge is -2.40. The average Bonchev–Trinajstić information content (AvgIpc) is 2.38. The Kier molecular flexibility index (Phi) is 4.58. The molecule has 0 aromatic heterocycles. The van der Waals surface area contributed by atoms with Crippen molar-refractivity contribution in [2.45, 2.75) is 31.6 Å². The number of nitrogens with two attached hydrogens (primary N) is 1. The van der Waals surface area contributed by atoms with Gasteiger partial charge in [-0.15, -0.1) is 0 Å². The van der Waals surface area contributed by atoms with Gasteiger partial charge < -0.3 is 15.6 Å². The van der Waals surface area contributed by atoms with E-state index in [1.54, 1.807) is 0 Å². The lowest BCUT2D eigenvalue weighted by Crippen LogP contribution is -2.55. The van der Waals surface area contributed by atoms with Gasteiger partial charge in [-0.2, -0.15) is 0 Å². The third kappa shape index (κ3) is 3.54. The van der Waals surface area contributed by atoms with Crippen LogP contribution in [0, 0.1) is 0 Å². The molecule has 4 nitrogen and oxygen atoms in total. The van der Waals surface area contributed by atoms with Gasteiger partial charge in [0.05, 0.1) is 24.4 Å². The molecular weight excluding hydrogens is 240 g/mol. The predicted molar refractivity (Wildman–Crippen MR) is 75.8 cm³/mol. The highest BCUT2D eigenvalue weighted by molar-refractivity contribution is 5.24. The first-order valence-corrected chi connectivity index (χ1v) is 6.86. The van der Waals surface area contributed by atoms with Gasteiger partial charge in [-0.25, -0.2) is 0 Å². The number of nitrogens with zero attached hydrogens (tertiary/aromatic N) is 1. The number of aliphatic hydroxyl groups is 1. The standard InChI is InChI=1S/C15H24N2O2/c1-12-8-17(9-13(2)19-12)10-15(16,11-18)14-6-4-3-5-7-14/h3-7,12-13,18H,8-11,16H2,1-2H3. The highest BCUT2D eigenvalue weighted by Gasteiger charge is 2.32. The minimum absolute atomic E-state index is 0.0584. The van der Waals surface area contributed by atoms with Crippen molar-refractivity contribution in [1.82, 2.24) is 4.90 Å². The van der Waals surface area contributed by atoms with Crippen molar-refractivity contribution < 1.29 is 9.84 Å². The first-order chi connectivity index (χ1) is 9.03. The summed E-state index contributed by atoms with van der Waals surface area (Å²) >= 11 is 0. The van der Waals surface area contributed by atoms with Crippen LogP contribution in [0.4, 0.5) is 0 Å². The quantitative estimate of drug-likeness (QED) is 0.850. The molecule has 19 heavy (non-hydrogen) atoms. The minimum Gasteiger partial charge on any atom is -0.394 e. The first-order valence-electron chi connectivity index (χ1n) is 6.86. The third-order valence-corrected chi connectivity index (χ3v) is 3.63. The average molecular weight is 264 g/mol. The molecule has 3 atom stereocenters. The molecule has 0 saturated carbocycles. The summed E-state index contributed by atoms with van der Waals surface area (Å²) in [6.07, 6.45) is 0.421. The van der Waals surface area contributed by atoms with E-state index in [0.717, 1.165) is 18.7 Å². The second-order valence-corrected chi connectivity index (χ2v) is 5.63. The molecule has 0 radical (unpaired) electrons. The SMILES string of the molecule is CC1CN(CC(N)(CO)c2ccccc2)CC(C)O1. The Hall–Kier alpha value is -0.940. The Balaban J connectivity index is 2.10. The number of hydrogen-bond acceptors (Lipinski definition) is 4. The van der Waals surface area contributed by atoms with Gasteiger partial charge in [0.1, 0.15) is 0 Å². The fraction of sp³-hybridized carbons (Fsp3) is 0.600. The summed E-state index contributed by atoms with van der Waals surface area (Å²) in [4.78, 5) is 2.28. The predicted octanol–water partition coefficient (Wildman–Crippen LogP) is 0.942. The molecule has 1 heterocycles. The van der Waals surface area contributed by atoms with Gasteiger partial charge in [-0.05, 0) is 19.4 Å². The summed E-state index contributed by atoms with van der Waals surface area (Å²) in [5.74, 6) is 0. The van der Waals surface area contributed by atoms with Crippen LogP contribution in [0.1, 0.15) is 19.4 Å². The Morgan fingerprint density at radius 1 is 1.26 bits per heavy atom. The lowest BCUT2D eigenvalue weighted by atomic mass is 9.91. The number of morpholine rings is 1. The maximum absolute atomic E-state index is 9.72. The van der Waals surface area contributed by atoms with Crippen molar-refractivity contribution in [2.75, 3.05) is 26.2 Å². The van der Waals surface area contributed by atoms with Crippen molar-refractivity contribution in [3.63, 3.8) is 0 Å². The molecule has 1 aliphatic heterocycles. The van der Waals surface area contributed by atoms with E-state index in [1.807, 2.05) is 30.3 Å². The van der Waals surface area contributed by atoms with E-state index in [-0.39, 0.29) is 18.8 Å². The zero-order valence-electron chi connectivity index (χ0n) is 11.7. The van der Waals surface area contributed by atoms with Crippen LogP contribution in [0.2, 0.25) is 0 Å². The largest absolute Gasteiger partial charge is 0.394 e. The Labute approximate surface area is 115 Å². The molecule has 3 N–H and O–H groups in total. The van der Waals surface area contributed by atoms with Gasteiger partial charge in [0.2, 0.25) is 0 Å². The van der Waals surface area contributed by atoms with Crippen LogP contribution >= 0.6 is 0 Å². The molecule has 0 bridgehead atoms. The van der Waals surface area contributed by atoms with Crippen molar-refractivity contribution in [3.05, 3.63) is 35.9 Å². The molecule has 1 fully saturated rings. The Morgan fingerprint density at radius 2 is 1.84 bits per heavy atom. The second kappa shape index (κ2) is 6.01. The zero-order valence-corrected chi connectivity index (χ0v) is 11.7. The first kappa shape index (κ1) is 14.5. The minimum atomic E-state index is -0.710. The van der Waals surface area contributed by atoms with E-state index in [2.05, 4.69) is 18.7 Å². The van der Waals surface area contributed by atoms with E-state index < -0.39 is 5.54 Å². The molecule has 106 valence electrons. The van der Waals surface area contributed by atoms with Crippen LogP contribution in [0.15, 0.2) is 30.3 Å². The highest BCUT2D eigenvalue weighted by Crippen LogP contribution is 2.21. The summed E-state index contributed by atoms with van der Waals surface area (Å²) < 4.78 is 5.73. The smallest absolute Gasteiger partial charge is 0.0772 e. The Morgan fingerprint density at radius 3 is 2.37 bits per heavy atom. The second-order valence-electron chi connectivity index (χ2n) is 5.63. The van der Waals surface area contributed by atoms with Gasteiger partial charge in [-0.3, -0.25) is 4.90 Å². The van der Waals surface area contributed by atoms with Gasteiger partial charge >= 0.3 is 0 Å². The van der Waals surface area contributed by atoms with E-state index >= 15 is 0 Å². The number of benzene rings is 1. The lowest BCUT2D eigenvalue weighted by molar-refractivity contribution is -0.0750. The highest BCUT2D eigenvalue weighted by atomic mass is 16.5. The molecule has 1 aliphatic rings. The normalized spacial score (nSPS) is 28.0. The van der Waals surface area contributed by atoms with Crippen LogP contribution in [0.3, 0.4) is 0 Å². The number of ether oxygens (including phenoxy) is 1. The molecular formula is C15H24N2O2. The Bertz CT molecular complexity index is 388. The van der Waals surface area contributed by atoms with Crippen LogP contribution in [0.5, 0.6) is 0 Å². The fourth-order valence-corrected chi connectivity index (χ4v) is 2.82. The molecule has 1 saturated heterocycles. The number of hydrogen-bond donors (Lipinski definition) is 2. The maximum Gasteiger partial charge on any atom is 0.0772 e. The fourth-order valence-electron chi connectivity index (χ4n) is 2.82. The van der Waals surface area contributed by atoms with E-state index in [9.17, 15) is 5.11 Å². The van der Waals surface area contributed by atoms with E-state index in [4.69, 9.17) is 10.5 Å². The zero-order chi connectivity index (χ0) is 13.9. The van der Waals surface area contributed by atoms with Crippen LogP contribution < -0.4 is 5.73 Å². The summed E-state index contributed by atoms with van der Waals surface area (Å²) in [5.41, 5.74) is 6.67.